The van der Waals surface area contributed by atoms with Gasteiger partial charge in [-0.1, -0.05) is 64.5 Å². The fourth-order valence-corrected chi connectivity index (χ4v) is 5.07. The molecule has 1 heterocycles. The van der Waals surface area contributed by atoms with Crippen LogP contribution in [0.2, 0.25) is 0 Å². The first-order valence-corrected chi connectivity index (χ1v) is 12.9. The summed E-state index contributed by atoms with van der Waals surface area (Å²) in [6.45, 7) is 0. The van der Waals surface area contributed by atoms with Gasteiger partial charge in [0.25, 0.3) is 15.9 Å². The molecule has 0 aliphatic carbocycles. The number of para-hydroxylation sites is 1. The van der Waals surface area contributed by atoms with Gasteiger partial charge in [-0.2, -0.15) is 8.42 Å². The van der Waals surface area contributed by atoms with Gasteiger partial charge in [0, 0.05) is 21.8 Å². The number of ether oxygens (including phenoxy) is 1. The Labute approximate surface area is 210 Å². The average Bonchev–Trinajstić information content (AvgIpc) is 3.29. The van der Waals surface area contributed by atoms with E-state index in [1.54, 1.807) is 24.3 Å². The number of aromatic amines is 1. The Morgan fingerprint density at radius 3 is 2.43 bits per heavy atom. The number of aromatic nitrogens is 1. The molecule has 0 saturated heterocycles. The number of methoxy groups -OCH3 is 1. The summed E-state index contributed by atoms with van der Waals surface area (Å²) in [7, 11) is -2.80. The first-order valence-electron chi connectivity index (χ1n) is 10.6. The molecule has 1 aromatic heterocycles. The normalized spacial score (nSPS) is 12.2. The van der Waals surface area contributed by atoms with Gasteiger partial charge in [0.2, 0.25) is 0 Å². The van der Waals surface area contributed by atoms with Crippen molar-refractivity contribution in [3.63, 3.8) is 0 Å². The molecule has 0 aliphatic rings. The first kappa shape index (κ1) is 24.5. The van der Waals surface area contributed by atoms with Crippen LogP contribution in [-0.4, -0.2) is 38.4 Å². The molecule has 180 valence electrons. The highest BCUT2D eigenvalue weighted by Gasteiger charge is 2.26. The van der Waals surface area contributed by atoms with Gasteiger partial charge in [0.05, 0.1) is 18.4 Å². The largest absolute Gasteiger partial charge is 0.467 e. The third-order valence-electron chi connectivity index (χ3n) is 5.34. The molecule has 35 heavy (non-hydrogen) atoms. The van der Waals surface area contributed by atoms with Gasteiger partial charge < -0.3 is 15.0 Å². The molecule has 0 saturated carbocycles. The number of sulfonamides is 1. The fraction of sp³-hybridized carbons (Fsp3) is 0.120. The highest BCUT2D eigenvalue weighted by molar-refractivity contribution is 9.10. The Balaban J connectivity index is 1.61. The number of amides is 1. The van der Waals surface area contributed by atoms with Crippen molar-refractivity contribution >= 4 is 54.4 Å². The minimum absolute atomic E-state index is 0.0402. The van der Waals surface area contributed by atoms with Crippen molar-refractivity contribution in [3.05, 3.63) is 94.5 Å². The minimum atomic E-state index is -4.04. The van der Waals surface area contributed by atoms with E-state index in [-0.39, 0.29) is 22.7 Å². The second-order valence-corrected chi connectivity index (χ2v) is 10.3. The minimum Gasteiger partial charge on any atom is -0.467 e. The lowest BCUT2D eigenvalue weighted by atomic mass is 10.1. The second kappa shape index (κ2) is 10.3. The smallest absolute Gasteiger partial charge is 0.328 e. The monoisotopic (exact) mass is 555 g/mol. The van der Waals surface area contributed by atoms with Crippen LogP contribution in [0, 0.1) is 0 Å². The SMILES string of the molecule is COC(=O)[C@H](Cc1ccccc1)NC(=O)c1ccc(Br)cc1NS(=O)(=O)c1cc2ccccc2[nH]1. The van der Waals surface area contributed by atoms with Gasteiger partial charge in [-0.05, 0) is 35.9 Å². The number of rotatable bonds is 8. The first-order chi connectivity index (χ1) is 16.8. The molecule has 10 heteroatoms. The van der Waals surface area contributed by atoms with Crippen LogP contribution < -0.4 is 10.0 Å². The number of hydrogen-bond donors (Lipinski definition) is 3. The molecule has 4 aromatic rings. The van der Waals surface area contributed by atoms with Gasteiger partial charge in [0.15, 0.2) is 5.03 Å². The third kappa shape index (κ3) is 5.72. The molecule has 3 N–H and O–H groups in total. The lowest BCUT2D eigenvalue weighted by Crippen LogP contribution is -2.43. The van der Waals surface area contributed by atoms with Crippen LogP contribution in [0.25, 0.3) is 10.9 Å². The molecule has 3 aromatic carbocycles. The molecule has 1 atom stereocenters. The van der Waals surface area contributed by atoms with Crippen molar-refractivity contribution in [1.82, 2.24) is 10.3 Å². The third-order valence-corrected chi connectivity index (χ3v) is 7.12. The Bertz CT molecular complexity index is 1450. The molecule has 0 fully saturated rings. The zero-order valence-electron chi connectivity index (χ0n) is 18.6. The van der Waals surface area contributed by atoms with Gasteiger partial charge in [-0.25, -0.2) is 4.79 Å². The molecule has 4 rings (SSSR count). The van der Waals surface area contributed by atoms with Crippen molar-refractivity contribution in [1.29, 1.82) is 0 Å². The van der Waals surface area contributed by atoms with Gasteiger partial charge >= 0.3 is 5.97 Å². The van der Waals surface area contributed by atoms with Gasteiger partial charge in [0.1, 0.15) is 6.04 Å². The number of halogens is 1. The number of esters is 1. The number of hydrogen-bond acceptors (Lipinski definition) is 5. The van der Waals surface area contributed by atoms with E-state index in [2.05, 4.69) is 31.0 Å². The van der Waals surface area contributed by atoms with E-state index in [4.69, 9.17) is 4.74 Å². The number of carbonyl (C=O) groups is 2. The zero-order valence-corrected chi connectivity index (χ0v) is 21.0. The van der Waals surface area contributed by atoms with Crippen molar-refractivity contribution in [2.45, 2.75) is 17.5 Å². The summed E-state index contributed by atoms with van der Waals surface area (Å²) in [5.74, 6) is -1.24. The molecule has 8 nitrogen and oxygen atoms in total. The number of H-pyrrole nitrogens is 1. The van der Waals surface area contributed by atoms with Crippen LogP contribution in [-0.2, 0) is 26.0 Å². The van der Waals surface area contributed by atoms with E-state index < -0.39 is 27.9 Å². The molecular weight excluding hydrogens is 534 g/mol. The number of anilines is 1. The molecule has 0 unspecified atom stereocenters. The molecular formula is C25H22BrN3O5S. The number of fused-ring (bicyclic) bond motifs is 1. The molecule has 1 amide bonds. The van der Waals surface area contributed by atoms with E-state index in [0.29, 0.717) is 9.99 Å². The van der Waals surface area contributed by atoms with E-state index >= 15 is 0 Å². The van der Waals surface area contributed by atoms with E-state index in [9.17, 15) is 18.0 Å². The van der Waals surface area contributed by atoms with Crippen LogP contribution in [0.1, 0.15) is 15.9 Å². The quantitative estimate of drug-likeness (QED) is 0.281. The van der Waals surface area contributed by atoms with Crippen molar-refractivity contribution in [3.8, 4) is 0 Å². The summed E-state index contributed by atoms with van der Waals surface area (Å²) < 4.78 is 34.1. The maximum absolute atomic E-state index is 13.2. The zero-order chi connectivity index (χ0) is 25.0. The maximum Gasteiger partial charge on any atom is 0.328 e. The Kier molecular flexibility index (Phi) is 7.23. The fourth-order valence-electron chi connectivity index (χ4n) is 3.61. The summed E-state index contributed by atoms with van der Waals surface area (Å²) >= 11 is 3.32. The summed E-state index contributed by atoms with van der Waals surface area (Å²) in [6, 6.07) is 21.5. The van der Waals surface area contributed by atoms with Crippen LogP contribution in [0.3, 0.4) is 0 Å². The Morgan fingerprint density at radius 2 is 1.71 bits per heavy atom. The van der Waals surface area contributed by atoms with Crippen LogP contribution in [0.15, 0.2) is 88.4 Å². The number of nitrogens with one attached hydrogen (secondary N) is 3. The average molecular weight is 556 g/mol. The van der Waals surface area contributed by atoms with E-state index in [1.165, 1.54) is 25.3 Å². The standard InChI is InChI=1S/C25H22BrN3O5S/c1-34-25(31)22(13-16-7-3-2-4-8-16)28-24(30)19-12-11-18(26)15-21(19)29-35(32,33)23-14-17-9-5-6-10-20(17)27-23/h2-12,14-15,22,27,29H,13H2,1H3,(H,28,30)/t22-/m0/s1. The lowest BCUT2D eigenvalue weighted by molar-refractivity contribution is -0.142. The topological polar surface area (TPSA) is 117 Å². The molecule has 0 radical (unpaired) electrons. The van der Waals surface area contributed by atoms with Crippen LogP contribution >= 0.6 is 15.9 Å². The highest BCUT2D eigenvalue weighted by Crippen LogP contribution is 2.26. The van der Waals surface area contributed by atoms with E-state index in [1.807, 2.05) is 36.4 Å². The van der Waals surface area contributed by atoms with Gasteiger partial charge in [-0.15, -0.1) is 0 Å². The van der Waals surface area contributed by atoms with Crippen molar-refractivity contribution in [2.75, 3.05) is 11.8 Å². The van der Waals surface area contributed by atoms with Crippen molar-refractivity contribution < 1.29 is 22.7 Å². The predicted octanol–water partition coefficient (Wildman–Crippen LogP) is 4.25. The van der Waals surface area contributed by atoms with Crippen LogP contribution in [0.4, 0.5) is 5.69 Å². The summed E-state index contributed by atoms with van der Waals surface area (Å²) in [6.07, 6.45) is 0.214. The highest BCUT2D eigenvalue weighted by atomic mass is 79.9. The van der Waals surface area contributed by atoms with Gasteiger partial charge in [-0.3, -0.25) is 9.52 Å². The van der Waals surface area contributed by atoms with Crippen LogP contribution in [0.5, 0.6) is 0 Å². The summed E-state index contributed by atoms with van der Waals surface area (Å²) in [5.41, 5.74) is 1.61. The molecule has 0 spiro atoms. The number of benzene rings is 3. The molecule has 0 bridgehead atoms. The predicted molar refractivity (Wildman–Crippen MR) is 137 cm³/mol. The second-order valence-electron chi connectivity index (χ2n) is 7.76. The maximum atomic E-state index is 13.2. The Morgan fingerprint density at radius 1 is 1.00 bits per heavy atom. The number of carbonyl (C=O) groups excluding carboxylic acids is 2. The van der Waals surface area contributed by atoms with Crippen molar-refractivity contribution in [2.24, 2.45) is 0 Å². The summed E-state index contributed by atoms with van der Waals surface area (Å²) in [4.78, 5) is 28.4. The lowest BCUT2D eigenvalue weighted by Gasteiger charge is -2.18. The molecule has 0 aliphatic heterocycles. The van der Waals surface area contributed by atoms with E-state index in [0.717, 1.165) is 10.9 Å². The summed E-state index contributed by atoms with van der Waals surface area (Å²) in [5, 5.41) is 3.37. The Hall–Kier alpha value is -3.63.